The van der Waals surface area contributed by atoms with Gasteiger partial charge in [0.05, 0.1) is 17.2 Å². The normalized spacial score (nSPS) is 19.8. The zero-order valence-electron chi connectivity index (χ0n) is 17.9. The Labute approximate surface area is 187 Å². The summed E-state index contributed by atoms with van der Waals surface area (Å²) in [6, 6.07) is 24.9. The van der Waals surface area contributed by atoms with Crippen molar-refractivity contribution in [2.24, 2.45) is 0 Å². The summed E-state index contributed by atoms with van der Waals surface area (Å²) in [7, 11) is 0. The first-order chi connectivity index (χ1) is 15.7. The van der Waals surface area contributed by atoms with E-state index in [0.29, 0.717) is 24.2 Å². The van der Waals surface area contributed by atoms with Crippen molar-refractivity contribution in [3.63, 3.8) is 0 Å². The summed E-state index contributed by atoms with van der Waals surface area (Å²) in [5, 5.41) is 0. The van der Waals surface area contributed by atoms with Crippen LogP contribution in [-0.4, -0.2) is 54.3 Å². The van der Waals surface area contributed by atoms with Gasteiger partial charge in [0.25, 0.3) is 11.8 Å². The van der Waals surface area contributed by atoms with Gasteiger partial charge in [-0.25, -0.2) is 0 Å². The van der Waals surface area contributed by atoms with Crippen molar-refractivity contribution < 1.29 is 9.59 Å². The van der Waals surface area contributed by atoms with E-state index in [-0.39, 0.29) is 17.9 Å². The van der Waals surface area contributed by atoms with Crippen molar-refractivity contribution in [1.29, 1.82) is 0 Å². The monoisotopic (exact) mass is 423 g/mol. The SMILES string of the molecule is O=C1c2ccccc2C(=O)N1CCN1CCN2c3ccccc3Cc3ccccc3[C@H]2C1. The van der Waals surface area contributed by atoms with Gasteiger partial charge in [-0.15, -0.1) is 0 Å². The van der Waals surface area contributed by atoms with Crippen LogP contribution in [0.2, 0.25) is 0 Å². The molecular formula is C27H25N3O2. The number of hydrogen-bond donors (Lipinski definition) is 0. The second-order valence-corrected chi connectivity index (χ2v) is 8.82. The molecule has 6 rings (SSSR count). The smallest absolute Gasteiger partial charge is 0.261 e. The third-order valence-electron chi connectivity index (χ3n) is 7.08. The molecule has 3 aliphatic rings. The van der Waals surface area contributed by atoms with Crippen LogP contribution in [0.15, 0.2) is 72.8 Å². The number of fused-ring (bicyclic) bond motifs is 6. The molecule has 0 radical (unpaired) electrons. The average Bonchev–Trinajstić information content (AvgIpc) is 2.99. The topological polar surface area (TPSA) is 43.9 Å². The summed E-state index contributed by atoms with van der Waals surface area (Å²) in [6.07, 6.45) is 0.953. The van der Waals surface area contributed by atoms with Crippen molar-refractivity contribution in [3.05, 3.63) is 101 Å². The number of hydrogen-bond acceptors (Lipinski definition) is 4. The molecule has 3 heterocycles. The molecule has 3 aliphatic heterocycles. The molecule has 0 unspecified atom stereocenters. The Morgan fingerprint density at radius 2 is 1.38 bits per heavy atom. The van der Waals surface area contributed by atoms with Crippen LogP contribution in [0.3, 0.4) is 0 Å². The molecular weight excluding hydrogens is 398 g/mol. The molecule has 160 valence electrons. The molecule has 0 saturated carbocycles. The molecule has 0 spiro atoms. The Morgan fingerprint density at radius 3 is 2.16 bits per heavy atom. The molecule has 5 heteroatoms. The summed E-state index contributed by atoms with van der Waals surface area (Å²) in [5.74, 6) is -0.337. The van der Waals surface area contributed by atoms with Gasteiger partial charge in [0.15, 0.2) is 0 Å². The Balaban J connectivity index is 1.23. The standard InChI is InChI=1S/C27H25N3O2/c31-26-22-10-4-5-11-23(22)27(32)30(26)16-14-28-13-15-29-24-12-6-2-8-20(24)17-19-7-1-3-9-21(19)25(29)18-28/h1-12,25H,13-18H2/t25-/m1/s1. The second kappa shape index (κ2) is 7.61. The number of rotatable bonds is 3. The van der Waals surface area contributed by atoms with Crippen LogP contribution < -0.4 is 4.90 Å². The fourth-order valence-corrected chi connectivity index (χ4v) is 5.45. The molecule has 2 amide bonds. The minimum atomic E-state index is -0.169. The van der Waals surface area contributed by atoms with Crippen LogP contribution in [0, 0.1) is 0 Å². The molecule has 0 bridgehead atoms. The van der Waals surface area contributed by atoms with Crippen LogP contribution in [0.5, 0.6) is 0 Å². The van der Waals surface area contributed by atoms with Crippen LogP contribution in [0.4, 0.5) is 5.69 Å². The number of carbonyl (C=O) groups is 2. The Kier molecular flexibility index (Phi) is 4.58. The summed E-state index contributed by atoms with van der Waals surface area (Å²) in [6.45, 7) is 3.85. The highest BCUT2D eigenvalue weighted by Crippen LogP contribution is 2.39. The molecule has 1 saturated heterocycles. The number of amides is 2. The molecule has 0 N–H and O–H groups in total. The Bertz CT molecular complexity index is 1190. The maximum absolute atomic E-state index is 12.7. The third kappa shape index (κ3) is 3.04. The lowest BCUT2D eigenvalue weighted by molar-refractivity contribution is 0.0631. The van der Waals surface area contributed by atoms with Gasteiger partial charge in [0.1, 0.15) is 0 Å². The summed E-state index contributed by atoms with van der Waals surface area (Å²) >= 11 is 0. The Morgan fingerprint density at radius 1 is 0.719 bits per heavy atom. The van der Waals surface area contributed by atoms with E-state index in [1.54, 1.807) is 12.1 Å². The quantitative estimate of drug-likeness (QED) is 0.602. The van der Waals surface area contributed by atoms with E-state index in [4.69, 9.17) is 0 Å². The lowest BCUT2D eigenvalue weighted by Crippen LogP contribution is -2.50. The highest BCUT2D eigenvalue weighted by atomic mass is 16.2. The van der Waals surface area contributed by atoms with E-state index in [0.717, 1.165) is 26.1 Å². The molecule has 1 fully saturated rings. The summed E-state index contributed by atoms with van der Waals surface area (Å²) in [5.41, 5.74) is 6.52. The van der Waals surface area contributed by atoms with Crippen molar-refractivity contribution >= 4 is 17.5 Å². The maximum Gasteiger partial charge on any atom is 0.261 e. The van der Waals surface area contributed by atoms with Crippen LogP contribution >= 0.6 is 0 Å². The number of carbonyl (C=O) groups excluding carboxylic acids is 2. The molecule has 32 heavy (non-hydrogen) atoms. The van der Waals surface area contributed by atoms with E-state index in [9.17, 15) is 9.59 Å². The number of para-hydroxylation sites is 1. The Hall–Kier alpha value is -3.44. The van der Waals surface area contributed by atoms with Gasteiger partial charge in [-0.05, 0) is 41.3 Å². The third-order valence-corrected chi connectivity index (χ3v) is 7.08. The van der Waals surface area contributed by atoms with E-state index in [1.807, 2.05) is 12.1 Å². The lowest BCUT2D eigenvalue weighted by atomic mass is 9.96. The molecule has 0 aliphatic carbocycles. The van der Waals surface area contributed by atoms with Gasteiger partial charge >= 0.3 is 0 Å². The van der Waals surface area contributed by atoms with Crippen molar-refractivity contribution in [1.82, 2.24) is 9.80 Å². The van der Waals surface area contributed by atoms with Gasteiger partial charge in [0, 0.05) is 38.4 Å². The van der Waals surface area contributed by atoms with E-state index < -0.39 is 0 Å². The van der Waals surface area contributed by atoms with Crippen molar-refractivity contribution in [2.45, 2.75) is 12.5 Å². The van der Waals surface area contributed by atoms with Crippen molar-refractivity contribution in [2.75, 3.05) is 37.6 Å². The minimum absolute atomic E-state index is 0.169. The zero-order chi connectivity index (χ0) is 21.7. The first-order valence-corrected chi connectivity index (χ1v) is 11.3. The van der Waals surface area contributed by atoms with Crippen LogP contribution in [0.1, 0.15) is 43.4 Å². The summed E-state index contributed by atoms with van der Waals surface area (Å²) in [4.78, 5) is 31.8. The van der Waals surface area contributed by atoms with E-state index >= 15 is 0 Å². The van der Waals surface area contributed by atoms with Crippen LogP contribution in [-0.2, 0) is 6.42 Å². The number of piperazine rings is 1. The number of anilines is 1. The first kappa shape index (κ1) is 19.3. The van der Waals surface area contributed by atoms with Gasteiger partial charge in [-0.2, -0.15) is 0 Å². The average molecular weight is 424 g/mol. The number of imide groups is 1. The van der Waals surface area contributed by atoms with Gasteiger partial charge in [-0.3, -0.25) is 19.4 Å². The molecule has 5 nitrogen and oxygen atoms in total. The van der Waals surface area contributed by atoms with Gasteiger partial charge < -0.3 is 4.90 Å². The summed E-state index contributed by atoms with van der Waals surface area (Å²) < 4.78 is 0. The molecule has 0 aromatic heterocycles. The number of nitrogens with zero attached hydrogens (tertiary/aromatic N) is 3. The molecule has 3 aromatic rings. The molecule has 1 atom stereocenters. The predicted molar refractivity (Wildman–Crippen MR) is 124 cm³/mol. The highest BCUT2D eigenvalue weighted by molar-refractivity contribution is 6.21. The van der Waals surface area contributed by atoms with E-state index in [2.05, 4.69) is 58.3 Å². The van der Waals surface area contributed by atoms with Crippen LogP contribution in [0.25, 0.3) is 0 Å². The minimum Gasteiger partial charge on any atom is -0.362 e. The van der Waals surface area contributed by atoms with Crippen molar-refractivity contribution in [3.8, 4) is 0 Å². The fraction of sp³-hybridized carbons (Fsp3) is 0.259. The maximum atomic E-state index is 12.7. The molecule has 3 aromatic carbocycles. The van der Waals surface area contributed by atoms with E-state index in [1.165, 1.54) is 27.3 Å². The fourth-order valence-electron chi connectivity index (χ4n) is 5.45. The lowest BCUT2D eigenvalue weighted by Gasteiger charge is -2.43. The zero-order valence-corrected chi connectivity index (χ0v) is 17.9. The highest BCUT2D eigenvalue weighted by Gasteiger charge is 2.37. The first-order valence-electron chi connectivity index (χ1n) is 11.3. The van der Waals surface area contributed by atoms with Gasteiger partial charge in [0.2, 0.25) is 0 Å². The van der Waals surface area contributed by atoms with Gasteiger partial charge in [-0.1, -0.05) is 54.6 Å². The number of benzene rings is 3. The predicted octanol–water partition coefficient (Wildman–Crippen LogP) is 3.75. The largest absolute Gasteiger partial charge is 0.362 e. The second-order valence-electron chi connectivity index (χ2n) is 8.82.